The highest BCUT2D eigenvalue weighted by Gasteiger charge is 2.19. The highest BCUT2D eigenvalue weighted by molar-refractivity contribution is 5.81. The zero-order valence-electron chi connectivity index (χ0n) is 10.7. The maximum atomic E-state index is 11.4. The lowest BCUT2D eigenvalue weighted by Crippen LogP contribution is -2.37. The van der Waals surface area contributed by atoms with Crippen molar-refractivity contribution in [2.24, 2.45) is 5.73 Å². The summed E-state index contributed by atoms with van der Waals surface area (Å²) in [6, 6.07) is 3.20. The molecule has 4 nitrogen and oxygen atoms in total. The molecule has 1 aromatic carbocycles. The predicted octanol–water partition coefficient (Wildman–Crippen LogP) is 1.53. The number of nitrogens with one attached hydrogen (secondary N) is 1. The van der Waals surface area contributed by atoms with Crippen LogP contribution in [0.5, 0.6) is 5.75 Å². The monoisotopic (exact) mass is 236 g/mol. The molecule has 94 valence electrons. The first kappa shape index (κ1) is 13.5. The number of benzene rings is 1. The van der Waals surface area contributed by atoms with Crippen molar-refractivity contribution >= 4 is 5.91 Å². The Balaban J connectivity index is 3.15. The summed E-state index contributed by atoms with van der Waals surface area (Å²) in [7, 11) is 0. The van der Waals surface area contributed by atoms with E-state index in [1.54, 1.807) is 26.0 Å². The summed E-state index contributed by atoms with van der Waals surface area (Å²) in [6.07, 6.45) is 0. The summed E-state index contributed by atoms with van der Waals surface area (Å²) in [5, 5.41) is 12.8. The molecular weight excluding hydrogens is 216 g/mol. The molecule has 4 heteroatoms. The minimum absolute atomic E-state index is 0.155. The SMILES string of the molecule is Cc1cc(C(NC(C)C)C(N)=O)cc(C)c1O. The Morgan fingerprint density at radius 1 is 1.29 bits per heavy atom. The third-order valence-electron chi connectivity index (χ3n) is 2.63. The molecule has 0 fully saturated rings. The highest BCUT2D eigenvalue weighted by Crippen LogP contribution is 2.26. The van der Waals surface area contributed by atoms with Gasteiger partial charge in [-0.15, -0.1) is 0 Å². The van der Waals surface area contributed by atoms with Gasteiger partial charge in [0.2, 0.25) is 5.91 Å². The van der Waals surface area contributed by atoms with Gasteiger partial charge in [-0.2, -0.15) is 0 Å². The topological polar surface area (TPSA) is 75.3 Å². The molecule has 1 atom stereocenters. The van der Waals surface area contributed by atoms with E-state index in [2.05, 4.69) is 5.32 Å². The van der Waals surface area contributed by atoms with E-state index in [-0.39, 0.29) is 11.8 Å². The molecule has 0 bridgehead atoms. The van der Waals surface area contributed by atoms with E-state index in [0.29, 0.717) is 0 Å². The first-order valence-corrected chi connectivity index (χ1v) is 5.68. The van der Waals surface area contributed by atoms with E-state index in [1.165, 1.54) is 0 Å². The van der Waals surface area contributed by atoms with Gasteiger partial charge in [0, 0.05) is 6.04 Å². The summed E-state index contributed by atoms with van der Waals surface area (Å²) in [5.74, 6) is -0.148. The number of aromatic hydroxyl groups is 1. The molecule has 1 amide bonds. The summed E-state index contributed by atoms with van der Waals surface area (Å²) in [6.45, 7) is 7.52. The van der Waals surface area contributed by atoms with Gasteiger partial charge >= 0.3 is 0 Å². The Morgan fingerprint density at radius 2 is 1.76 bits per heavy atom. The lowest BCUT2D eigenvalue weighted by Gasteiger charge is -2.20. The van der Waals surface area contributed by atoms with E-state index in [0.717, 1.165) is 16.7 Å². The molecule has 1 rings (SSSR count). The normalized spacial score (nSPS) is 12.8. The van der Waals surface area contributed by atoms with Crippen LogP contribution in [-0.2, 0) is 4.79 Å². The predicted molar refractivity (Wildman–Crippen MR) is 67.8 cm³/mol. The number of nitrogens with two attached hydrogens (primary N) is 1. The number of phenolic OH excluding ortho intramolecular Hbond substituents is 1. The van der Waals surface area contributed by atoms with Crippen LogP contribution in [-0.4, -0.2) is 17.1 Å². The average molecular weight is 236 g/mol. The Bertz CT molecular complexity index is 404. The number of carbonyl (C=O) groups is 1. The summed E-state index contributed by atoms with van der Waals surface area (Å²) >= 11 is 0. The molecule has 0 heterocycles. The zero-order valence-corrected chi connectivity index (χ0v) is 10.7. The van der Waals surface area contributed by atoms with E-state index in [1.807, 2.05) is 13.8 Å². The second kappa shape index (κ2) is 5.19. The number of carbonyl (C=O) groups excluding carboxylic acids is 1. The van der Waals surface area contributed by atoms with Crippen molar-refractivity contribution in [3.05, 3.63) is 28.8 Å². The number of aryl methyl sites for hydroxylation is 2. The fraction of sp³-hybridized carbons (Fsp3) is 0.462. The number of amides is 1. The molecule has 0 aliphatic rings. The summed E-state index contributed by atoms with van der Waals surface area (Å²) in [4.78, 5) is 11.4. The van der Waals surface area contributed by atoms with Crippen molar-refractivity contribution in [2.75, 3.05) is 0 Å². The average Bonchev–Trinajstić information content (AvgIpc) is 2.21. The van der Waals surface area contributed by atoms with Crippen LogP contribution in [0.15, 0.2) is 12.1 Å². The molecule has 0 aliphatic heterocycles. The molecule has 0 radical (unpaired) electrons. The molecule has 0 aromatic heterocycles. The second-order valence-corrected chi connectivity index (χ2v) is 4.66. The lowest BCUT2D eigenvalue weighted by molar-refractivity contribution is -0.120. The maximum absolute atomic E-state index is 11.4. The first-order chi connectivity index (χ1) is 7.82. The Kier molecular flexibility index (Phi) is 4.12. The standard InChI is InChI=1S/C13H20N2O2/c1-7(2)15-11(13(14)17)10-5-8(3)12(16)9(4)6-10/h5-7,11,15-16H,1-4H3,(H2,14,17). The summed E-state index contributed by atoms with van der Waals surface area (Å²) in [5.41, 5.74) is 7.68. The van der Waals surface area contributed by atoms with Crippen molar-refractivity contribution in [3.63, 3.8) is 0 Å². The Morgan fingerprint density at radius 3 is 2.12 bits per heavy atom. The van der Waals surface area contributed by atoms with E-state index in [4.69, 9.17) is 5.73 Å². The van der Waals surface area contributed by atoms with Crippen LogP contribution in [0.25, 0.3) is 0 Å². The number of primary amides is 1. The van der Waals surface area contributed by atoms with Crippen molar-refractivity contribution in [2.45, 2.75) is 39.8 Å². The Labute approximate surface area is 102 Å². The molecule has 4 N–H and O–H groups in total. The number of rotatable bonds is 4. The van der Waals surface area contributed by atoms with Gasteiger partial charge in [-0.25, -0.2) is 0 Å². The third kappa shape index (κ3) is 3.20. The van der Waals surface area contributed by atoms with Gasteiger partial charge in [-0.3, -0.25) is 10.1 Å². The molecule has 1 aromatic rings. The van der Waals surface area contributed by atoms with Gasteiger partial charge in [0.05, 0.1) is 0 Å². The molecule has 1 unspecified atom stereocenters. The van der Waals surface area contributed by atoms with Crippen LogP contribution < -0.4 is 11.1 Å². The molecule has 0 aliphatic carbocycles. The van der Waals surface area contributed by atoms with Gasteiger partial charge in [0.1, 0.15) is 11.8 Å². The molecule has 0 spiro atoms. The lowest BCUT2D eigenvalue weighted by atomic mass is 9.99. The number of hydrogen-bond donors (Lipinski definition) is 3. The minimum Gasteiger partial charge on any atom is -0.507 e. The summed E-state index contributed by atoms with van der Waals surface area (Å²) < 4.78 is 0. The largest absolute Gasteiger partial charge is 0.507 e. The van der Waals surface area contributed by atoms with E-state index < -0.39 is 11.9 Å². The van der Waals surface area contributed by atoms with Gasteiger partial charge in [0.15, 0.2) is 0 Å². The van der Waals surface area contributed by atoms with Gasteiger partial charge in [-0.05, 0) is 44.4 Å². The van der Waals surface area contributed by atoms with Crippen molar-refractivity contribution in [1.29, 1.82) is 0 Å². The van der Waals surface area contributed by atoms with Crippen LogP contribution in [0.4, 0.5) is 0 Å². The maximum Gasteiger partial charge on any atom is 0.239 e. The van der Waals surface area contributed by atoms with Crippen LogP contribution in [0.1, 0.15) is 36.6 Å². The van der Waals surface area contributed by atoms with Crippen LogP contribution in [0, 0.1) is 13.8 Å². The van der Waals surface area contributed by atoms with Gasteiger partial charge in [0.25, 0.3) is 0 Å². The van der Waals surface area contributed by atoms with Gasteiger partial charge < -0.3 is 10.8 Å². The van der Waals surface area contributed by atoms with Gasteiger partial charge in [-0.1, -0.05) is 12.1 Å². The van der Waals surface area contributed by atoms with Crippen LogP contribution in [0.3, 0.4) is 0 Å². The minimum atomic E-state index is -0.520. The Hall–Kier alpha value is -1.55. The van der Waals surface area contributed by atoms with E-state index in [9.17, 15) is 9.90 Å². The fourth-order valence-corrected chi connectivity index (χ4v) is 1.83. The fourth-order valence-electron chi connectivity index (χ4n) is 1.83. The molecule has 0 saturated carbocycles. The van der Waals surface area contributed by atoms with Crippen LogP contribution in [0.2, 0.25) is 0 Å². The number of hydrogen-bond acceptors (Lipinski definition) is 3. The molecular formula is C13H20N2O2. The van der Waals surface area contributed by atoms with Crippen molar-refractivity contribution in [1.82, 2.24) is 5.32 Å². The first-order valence-electron chi connectivity index (χ1n) is 5.68. The number of phenols is 1. The molecule has 17 heavy (non-hydrogen) atoms. The van der Waals surface area contributed by atoms with Crippen LogP contribution >= 0.6 is 0 Å². The van der Waals surface area contributed by atoms with E-state index >= 15 is 0 Å². The zero-order chi connectivity index (χ0) is 13.2. The quantitative estimate of drug-likeness (QED) is 0.742. The smallest absolute Gasteiger partial charge is 0.239 e. The van der Waals surface area contributed by atoms with Crippen molar-refractivity contribution < 1.29 is 9.90 Å². The molecule has 0 saturated heterocycles. The second-order valence-electron chi connectivity index (χ2n) is 4.66. The van der Waals surface area contributed by atoms with Crippen molar-refractivity contribution in [3.8, 4) is 5.75 Å². The third-order valence-corrected chi connectivity index (χ3v) is 2.63. The highest BCUT2D eigenvalue weighted by atomic mass is 16.3.